The molecule has 2 rings (SSSR count). The number of halogens is 1. The second-order valence-corrected chi connectivity index (χ2v) is 7.50. The van der Waals surface area contributed by atoms with Gasteiger partial charge in [-0.15, -0.1) is 0 Å². The number of hydrogen-bond donors (Lipinski definition) is 2. The molecule has 3 N–H and O–H groups in total. The van der Waals surface area contributed by atoms with Crippen molar-refractivity contribution in [1.29, 1.82) is 0 Å². The topological polar surface area (TPSA) is 72.2 Å². The number of hydrogen-bond acceptors (Lipinski definition) is 3. The predicted octanol–water partition coefficient (Wildman–Crippen LogP) is 2.95. The van der Waals surface area contributed by atoms with Crippen molar-refractivity contribution in [2.75, 3.05) is 0 Å². The summed E-state index contributed by atoms with van der Waals surface area (Å²) < 4.78 is 28.1. The highest BCUT2D eigenvalue weighted by atomic mass is 79.9. The molecule has 0 aliphatic heterocycles. The van der Waals surface area contributed by atoms with Gasteiger partial charge in [-0.3, -0.25) is 0 Å². The first kappa shape index (κ1) is 16.2. The third-order valence-electron chi connectivity index (χ3n) is 3.05. The summed E-state index contributed by atoms with van der Waals surface area (Å²) in [5.41, 5.74) is 7.46. The van der Waals surface area contributed by atoms with Crippen molar-refractivity contribution in [2.24, 2.45) is 5.73 Å². The third-order valence-corrected chi connectivity index (χ3v) is 4.94. The molecule has 21 heavy (non-hydrogen) atoms. The van der Waals surface area contributed by atoms with E-state index in [-0.39, 0.29) is 17.5 Å². The van der Waals surface area contributed by atoms with Crippen LogP contribution in [0.15, 0.2) is 57.9 Å². The van der Waals surface area contributed by atoms with Crippen LogP contribution < -0.4 is 10.5 Å². The van der Waals surface area contributed by atoms with Gasteiger partial charge in [0.2, 0.25) is 10.0 Å². The SMILES string of the molecule is CC(N)c1cccc(S(=O)(=O)NCc2cccc(Br)c2)c1. The van der Waals surface area contributed by atoms with Gasteiger partial charge >= 0.3 is 0 Å². The van der Waals surface area contributed by atoms with Gasteiger partial charge in [0.25, 0.3) is 0 Å². The van der Waals surface area contributed by atoms with Gasteiger partial charge in [-0.05, 0) is 42.3 Å². The molecule has 0 bridgehead atoms. The largest absolute Gasteiger partial charge is 0.324 e. The van der Waals surface area contributed by atoms with Crippen LogP contribution in [0, 0.1) is 0 Å². The molecule has 4 nitrogen and oxygen atoms in total. The van der Waals surface area contributed by atoms with E-state index in [1.165, 1.54) is 0 Å². The molecule has 0 aromatic heterocycles. The van der Waals surface area contributed by atoms with Gasteiger partial charge in [0.1, 0.15) is 0 Å². The fourth-order valence-electron chi connectivity index (χ4n) is 1.87. The molecule has 1 atom stereocenters. The normalized spacial score (nSPS) is 13.1. The zero-order chi connectivity index (χ0) is 15.5. The lowest BCUT2D eigenvalue weighted by molar-refractivity contribution is 0.581. The summed E-state index contributed by atoms with van der Waals surface area (Å²) in [6, 6.07) is 14.0. The first-order chi connectivity index (χ1) is 9.88. The molecule has 0 fully saturated rings. The van der Waals surface area contributed by atoms with Gasteiger partial charge in [0.15, 0.2) is 0 Å². The van der Waals surface area contributed by atoms with Crippen molar-refractivity contribution >= 4 is 26.0 Å². The minimum Gasteiger partial charge on any atom is -0.324 e. The lowest BCUT2D eigenvalue weighted by atomic mass is 10.1. The Kier molecular flexibility index (Phi) is 5.16. The molecule has 112 valence electrons. The van der Waals surface area contributed by atoms with Crippen molar-refractivity contribution in [2.45, 2.75) is 24.4 Å². The highest BCUT2D eigenvalue weighted by Crippen LogP contribution is 2.17. The second kappa shape index (κ2) is 6.70. The Hall–Kier alpha value is -1.21. The molecule has 0 aliphatic carbocycles. The predicted molar refractivity (Wildman–Crippen MR) is 87.2 cm³/mol. The van der Waals surface area contributed by atoms with Crippen LogP contribution in [0.5, 0.6) is 0 Å². The van der Waals surface area contributed by atoms with Crippen LogP contribution in [-0.2, 0) is 16.6 Å². The average Bonchev–Trinajstić information content (AvgIpc) is 2.45. The summed E-state index contributed by atoms with van der Waals surface area (Å²) in [5, 5.41) is 0. The third kappa shape index (κ3) is 4.38. The molecular formula is C15H17BrN2O2S. The summed E-state index contributed by atoms with van der Waals surface area (Å²) >= 11 is 3.36. The van der Waals surface area contributed by atoms with Crippen LogP contribution in [0.4, 0.5) is 0 Å². The molecule has 0 saturated carbocycles. The van der Waals surface area contributed by atoms with E-state index in [0.29, 0.717) is 0 Å². The van der Waals surface area contributed by atoms with Crippen LogP contribution in [0.25, 0.3) is 0 Å². The molecule has 0 aliphatic rings. The molecule has 2 aromatic carbocycles. The van der Waals surface area contributed by atoms with Crippen LogP contribution in [0.2, 0.25) is 0 Å². The van der Waals surface area contributed by atoms with E-state index < -0.39 is 10.0 Å². The zero-order valence-corrected chi connectivity index (χ0v) is 14.0. The quantitative estimate of drug-likeness (QED) is 0.851. The van der Waals surface area contributed by atoms with Crippen molar-refractivity contribution in [3.05, 3.63) is 64.1 Å². The van der Waals surface area contributed by atoms with E-state index in [1.54, 1.807) is 18.2 Å². The van der Waals surface area contributed by atoms with Crippen molar-refractivity contribution in [1.82, 2.24) is 4.72 Å². The fraction of sp³-hybridized carbons (Fsp3) is 0.200. The lowest BCUT2D eigenvalue weighted by Gasteiger charge is -2.10. The fourth-order valence-corrected chi connectivity index (χ4v) is 3.39. The Balaban J connectivity index is 2.17. The zero-order valence-electron chi connectivity index (χ0n) is 11.6. The molecule has 6 heteroatoms. The molecule has 0 saturated heterocycles. The Morgan fingerprint density at radius 2 is 1.90 bits per heavy atom. The smallest absolute Gasteiger partial charge is 0.240 e. The monoisotopic (exact) mass is 368 g/mol. The average molecular weight is 369 g/mol. The summed E-state index contributed by atoms with van der Waals surface area (Å²) in [7, 11) is -3.55. The highest BCUT2D eigenvalue weighted by Gasteiger charge is 2.14. The van der Waals surface area contributed by atoms with E-state index in [4.69, 9.17) is 5.73 Å². The number of nitrogens with one attached hydrogen (secondary N) is 1. The molecule has 0 radical (unpaired) electrons. The molecule has 1 unspecified atom stereocenters. The van der Waals surface area contributed by atoms with E-state index in [0.717, 1.165) is 15.6 Å². The summed E-state index contributed by atoms with van der Waals surface area (Å²) in [6.07, 6.45) is 0. The van der Waals surface area contributed by atoms with Gasteiger partial charge in [-0.2, -0.15) is 0 Å². The van der Waals surface area contributed by atoms with Gasteiger partial charge < -0.3 is 5.73 Å². The second-order valence-electron chi connectivity index (χ2n) is 4.82. The van der Waals surface area contributed by atoms with Gasteiger partial charge in [0, 0.05) is 17.1 Å². The minimum absolute atomic E-state index is 0.203. The van der Waals surface area contributed by atoms with Crippen molar-refractivity contribution in [3.63, 3.8) is 0 Å². The maximum absolute atomic E-state index is 12.3. The van der Waals surface area contributed by atoms with Crippen molar-refractivity contribution in [3.8, 4) is 0 Å². The molecule has 0 amide bonds. The Labute approximate surface area is 133 Å². The Morgan fingerprint density at radius 1 is 1.19 bits per heavy atom. The summed E-state index contributed by atoms with van der Waals surface area (Å²) in [5.74, 6) is 0. The van der Waals surface area contributed by atoms with Gasteiger partial charge in [0.05, 0.1) is 4.90 Å². The first-order valence-corrected chi connectivity index (χ1v) is 8.76. The van der Waals surface area contributed by atoms with E-state index in [2.05, 4.69) is 20.7 Å². The van der Waals surface area contributed by atoms with Crippen LogP contribution in [-0.4, -0.2) is 8.42 Å². The number of benzene rings is 2. The molecular weight excluding hydrogens is 352 g/mol. The molecule has 0 heterocycles. The van der Waals surface area contributed by atoms with Crippen molar-refractivity contribution < 1.29 is 8.42 Å². The lowest BCUT2D eigenvalue weighted by Crippen LogP contribution is -2.23. The number of rotatable bonds is 5. The summed E-state index contributed by atoms with van der Waals surface area (Å²) in [4.78, 5) is 0.229. The Bertz CT molecular complexity index is 730. The Morgan fingerprint density at radius 3 is 2.57 bits per heavy atom. The van der Waals surface area contributed by atoms with E-state index in [9.17, 15) is 8.42 Å². The van der Waals surface area contributed by atoms with E-state index >= 15 is 0 Å². The van der Waals surface area contributed by atoms with E-state index in [1.807, 2.05) is 37.3 Å². The molecule has 2 aromatic rings. The first-order valence-electron chi connectivity index (χ1n) is 6.48. The number of sulfonamides is 1. The maximum Gasteiger partial charge on any atom is 0.240 e. The summed E-state index contributed by atoms with van der Waals surface area (Å²) in [6.45, 7) is 2.06. The highest BCUT2D eigenvalue weighted by molar-refractivity contribution is 9.10. The van der Waals surface area contributed by atoms with Gasteiger partial charge in [-0.1, -0.05) is 40.2 Å². The van der Waals surface area contributed by atoms with Crippen LogP contribution in [0.1, 0.15) is 24.1 Å². The van der Waals surface area contributed by atoms with Crippen LogP contribution >= 0.6 is 15.9 Å². The standard InChI is InChI=1S/C15H17BrN2O2S/c1-11(17)13-5-3-7-15(9-13)21(19,20)18-10-12-4-2-6-14(16)8-12/h2-9,11,18H,10,17H2,1H3. The van der Waals surface area contributed by atoms with Crippen LogP contribution in [0.3, 0.4) is 0 Å². The molecule has 0 spiro atoms. The van der Waals surface area contributed by atoms with Gasteiger partial charge in [-0.25, -0.2) is 13.1 Å². The number of nitrogens with two attached hydrogens (primary N) is 1. The maximum atomic E-state index is 12.3. The minimum atomic E-state index is -3.55.